The van der Waals surface area contributed by atoms with Gasteiger partial charge in [-0.05, 0) is 0 Å². The quantitative estimate of drug-likeness (QED) is 0.613. The fourth-order valence-electron chi connectivity index (χ4n) is 1.20. The Labute approximate surface area is 77.4 Å². The minimum atomic E-state index is 0.103. The summed E-state index contributed by atoms with van der Waals surface area (Å²) in [5, 5.41) is 0. The van der Waals surface area contributed by atoms with E-state index in [2.05, 4.69) is 36.9 Å². The van der Waals surface area contributed by atoms with Crippen molar-refractivity contribution in [3.63, 3.8) is 0 Å². The number of hydrogen-bond donors (Lipinski definition) is 0. The summed E-state index contributed by atoms with van der Waals surface area (Å²) in [5.74, 6) is 0. The minimum absolute atomic E-state index is 0.103. The summed E-state index contributed by atoms with van der Waals surface area (Å²) < 4.78 is 1.99. The number of hydrogen-bond acceptors (Lipinski definition) is 2. The number of nitrogens with zero attached hydrogens (tertiary/aromatic N) is 3. The van der Waals surface area contributed by atoms with Crippen LogP contribution < -0.4 is 0 Å². The molecule has 0 saturated heterocycles. The van der Waals surface area contributed by atoms with E-state index in [-0.39, 0.29) is 5.41 Å². The molecule has 0 amide bonds. The standard InChI is InChI=1S/C10H13N3/c1-10(2,3)8-7-13-5-4-11-6-9(13)12-8/h4-7H,1-3H3. The lowest BCUT2D eigenvalue weighted by atomic mass is 9.93. The van der Waals surface area contributed by atoms with Gasteiger partial charge in [0.2, 0.25) is 0 Å². The van der Waals surface area contributed by atoms with E-state index in [4.69, 9.17) is 0 Å². The lowest BCUT2D eigenvalue weighted by Gasteiger charge is -2.13. The third kappa shape index (κ3) is 1.41. The lowest BCUT2D eigenvalue weighted by molar-refractivity contribution is 0.573. The van der Waals surface area contributed by atoms with E-state index in [1.807, 2.05) is 10.6 Å². The summed E-state index contributed by atoms with van der Waals surface area (Å²) in [6.45, 7) is 6.46. The van der Waals surface area contributed by atoms with Gasteiger partial charge in [-0.2, -0.15) is 0 Å². The maximum atomic E-state index is 4.48. The Kier molecular flexibility index (Phi) is 1.62. The monoisotopic (exact) mass is 175 g/mol. The van der Waals surface area contributed by atoms with Gasteiger partial charge in [0.15, 0.2) is 5.65 Å². The number of imidazole rings is 1. The molecule has 0 unspecified atom stereocenters. The van der Waals surface area contributed by atoms with Crippen molar-refractivity contribution in [2.45, 2.75) is 26.2 Å². The molecule has 68 valence electrons. The van der Waals surface area contributed by atoms with Crippen LogP contribution in [-0.2, 0) is 5.41 Å². The van der Waals surface area contributed by atoms with Gasteiger partial charge in [-0.25, -0.2) is 4.98 Å². The second kappa shape index (κ2) is 2.55. The predicted octanol–water partition coefficient (Wildman–Crippen LogP) is 2.03. The second-order valence-corrected chi connectivity index (χ2v) is 4.22. The van der Waals surface area contributed by atoms with E-state index >= 15 is 0 Å². The molecule has 0 aliphatic heterocycles. The first-order valence-electron chi connectivity index (χ1n) is 4.36. The molecule has 0 aliphatic rings. The van der Waals surface area contributed by atoms with Crippen LogP contribution >= 0.6 is 0 Å². The average Bonchev–Trinajstić information content (AvgIpc) is 2.45. The summed E-state index contributed by atoms with van der Waals surface area (Å²) >= 11 is 0. The van der Waals surface area contributed by atoms with Crippen molar-refractivity contribution in [2.24, 2.45) is 0 Å². The SMILES string of the molecule is CC(C)(C)c1cn2ccncc2n1. The van der Waals surface area contributed by atoms with Crippen molar-refractivity contribution in [1.82, 2.24) is 14.4 Å². The minimum Gasteiger partial charge on any atom is -0.304 e. The molecule has 2 aromatic rings. The van der Waals surface area contributed by atoms with E-state index in [0.717, 1.165) is 11.3 Å². The van der Waals surface area contributed by atoms with Gasteiger partial charge in [0, 0.05) is 24.0 Å². The molecule has 0 spiro atoms. The first-order valence-corrected chi connectivity index (χ1v) is 4.36. The molecule has 3 nitrogen and oxygen atoms in total. The molecule has 0 aliphatic carbocycles. The molecule has 2 rings (SSSR count). The van der Waals surface area contributed by atoms with E-state index < -0.39 is 0 Å². The molecule has 0 aromatic carbocycles. The molecule has 2 heterocycles. The van der Waals surface area contributed by atoms with Crippen molar-refractivity contribution in [3.05, 3.63) is 30.5 Å². The molecule has 0 bridgehead atoms. The van der Waals surface area contributed by atoms with E-state index in [9.17, 15) is 0 Å². The van der Waals surface area contributed by atoms with Crippen LogP contribution in [0.25, 0.3) is 5.65 Å². The Balaban J connectivity index is 2.63. The zero-order valence-electron chi connectivity index (χ0n) is 8.15. The first kappa shape index (κ1) is 8.23. The van der Waals surface area contributed by atoms with Gasteiger partial charge in [0.05, 0.1) is 11.9 Å². The normalized spacial score (nSPS) is 12.2. The highest BCUT2D eigenvalue weighted by Gasteiger charge is 2.17. The maximum Gasteiger partial charge on any atom is 0.155 e. The number of aromatic nitrogens is 3. The van der Waals surface area contributed by atoms with Crippen LogP contribution in [0.3, 0.4) is 0 Å². The molecule has 0 radical (unpaired) electrons. The Morgan fingerprint density at radius 2 is 2.08 bits per heavy atom. The lowest BCUT2D eigenvalue weighted by Crippen LogP contribution is -2.11. The topological polar surface area (TPSA) is 30.2 Å². The van der Waals surface area contributed by atoms with Crippen molar-refractivity contribution < 1.29 is 0 Å². The third-order valence-electron chi connectivity index (χ3n) is 2.03. The van der Waals surface area contributed by atoms with Crippen LogP contribution in [0, 0.1) is 0 Å². The zero-order chi connectivity index (χ0) is 9.47. The highest BCUT2D eigenvalue weighted by molar-refractivity contribution is 5.37. The Morgan fingerprint density at radius 3 is 2.69 bits per heavy atom. The number of fused-ring (bicyclic) bond motifs is 1. The molecule has 13 heavy (non-hydrogen) atoms. The number of rotatable bonds is 0. The molecule has 3 heteroatoms. The van der Waals surface area contributed by atoms with Gasteiger partial charge < -0.3 is 4.40 Å². The van der Waals surface area contributed by atoms with Gasteiger partial charge in [0.25, 0.3) is 0 Å². The van der Waals surface area contributed by atoms with Crippen LogP contribution in [0.5, 0.6) is 0 Å². The largest absolute Gasteiger partial charge is 0.304 e. The Morgan fingerprint density at radius 1 is 1.31 bits per heavy atom. The second-order valence-electron chi connectivity index (χ2n) is 4.22. The summed E-state index contributed by atoms with van der Waals surface area (Å²) in [4.78, 5) is 8.51. The van der Waals surface area contributed by atoms with Crippen LogP contribution in [0.15, 0.2) is 24.8 Å². The van der Waals surface area contributed by atoms with Crippen LogP contribution in [0.4, 0.5) is 0 Å². The predicted molar refractivity (Wildman–Crippen MR) is 51.7 cm³/mol. The highest BCUT2D eigenvalue weighted by Crippen LogP contribution is 2.20. The van der Waals surface area contributed by atoms with Gasteiger partial charge >= 0.3 is 0 Å². The molecular formula is C10H13N3. The molecule has 0 N–H and O–H groups in total. The van der Waals surface area contributed by atoms with Gasteiger partial charge in [-0.15, -0.1) is 0 Å². The smallest absolute Gasteiger partial charge is 0.155 e. The average molecular weight is 175 g/mol. The summed E-state index contributed by atoms with van der Waals surface area (Å²) in [7, 11) is 0. The molecule has 2 aromatic heterocycles. The van der Waals surface area contributed by atoms with Crippen LogP contribution in [0.2, 0.25) is 0 Å². The van der Waals surface area contributed by atoms with Gasteiger partial charge in [-0.1, -0.05) is 20.8 Å². The molecular weight excluding hydrogens is 162 g/mol. The van der Waals surface area contributed by atoms with Gasteiger partial charge in [-0.3, -0.25) is 4.98 Å². The third-order valence-corrected chi connectivity index (χ3v) is 2.03. The Hall–Kier alpha value is -1.38. The molecule has 0 atom stereocenters. The zero-order valence-corrected chi connectivity index (χ0v) is 8.15. The fourth-order valence-corrected chi connectivity index (χ4v) is 1.20. The van der Waals surface area contributed by atoms with E-state index in [1.54, 1.807) is 12.4 Å². The first-order chi connectivity index (χ1) is 6.07. The van der Waals surface area contributed by atoms with Crippen LogP contribution in [-0.4, -0.2) is 14.4 Å². The van der Waals surface area contributed by atoms with Crippen molar-refractivity contribution in [2.75, 3.05) is 0 Å². The van der Waals surface area contributed by atoms with Crippen molar-refractivity contribution in [3.8, 4) is 0 Å². The summed E-state index contributed by atoms with van der Waals surface area (Å²) in [6, 6.07) is 0. The summed E-state index contributed by atoms with van der Waals surface area (Å²) in [6.07, 6.45) is 7.50. The fraction of sp³-hybridized carbons (Fsp3) is 0.400. The highest BCUT2D eigenvalue weighted by atomic mass is 15.0. The van der Waals surface area contributed by atoms with Gasteiger partial charge in [0.1, 0.15) is 0 Å². The van der Waals surface area contributed by atoms with Crippen LogP contribution in [0.1, 0.15) is 26.5 Å². The molecule has 0 saturated carbocycles. The van der Waals surface area contributed by atoms with E-state index in [0.29, 0.717) is 0 Å². The van der Waals surface area contributed by atoms with E-state index in [1.165, 1.54) is 0 Å². The van der Waals surface area contributed by atoms with Crippen molar-refractivity contribution >= 4 is 5.65 Å². The maximum absolute atomic E-state index is 4.48. The molecule has 0 fully saturated rings. The van der Waals surface area contributed by atoms with Crippen molar-refractivity contribution in [1.29, 1.82) is 0 Å². The Bertz CT molecular complexity index is 390. The summed E-state index contributed by atoms with van der Waals surface area (Å²) in [5.41, 5.74) is 2.11.